The first-order valence-electron chi connectivity index (χ1n) is 6.16. The van der Waals surface area contributed by atoms with E-state index in [-0.39, 0.29) is 12.2 Å². The lowest BCUT2D eigenvalue weighted by Gasteiger charge is -2.26. The molecular weight excluding hydrogens is 192 g/mol. The van der Waals surface area contributed by atoms with Crippen LogP contribution in [-0.2, 0) is 14.2 Å². The highest BCUT2D eigenvalue weighted by molar-refractivity contribution is 4.76. The van der Waals surface area contributed by atoms with Crippen LogP contribution in [0.25, 0.3) is 0 Å². The predicted octanol–water partition coefficient (Wildman–Crippen LogP) is 2.14. The monoisotopic (exact) mass is 214 g/mol. The molecule has 0 aliphatic carbocycles. The van der Waals surface area contributed by atoms with Crippen molar-refractivity contribution < 1.29 is 14.2 Å². The zero-order chi connectivity index (χ0) is 10.7. The van der Waals surface area contributed by atoms with Gasteiger partial charge in [-0.2, -0.15) is 0 Å². The summed E-state index contributed by atoms with van der Waals surface area (Å²) in [6.45, 7) is 6.02. The van der Waals surface area contributed by atoms with E-state index >= 15 is 0 Å². The summed E-state index contributed by atoms with van der Waals surface area (Å²) in [6, 6.07) is 0. The molecule has 0 aromatic carbocycles. The molecule has 3 nitrogen and oxygen atoms in total. The molecule has 2 heterocycles. The normalized spacial score (nSPS) is 35.6. The second-order valence-corrected chi connectivity index (χ2v) is 4.65. The Balaban J connectivity index is 1.74. The van der Waals surface area contributed by atoms with Gasteiger partial charge < -0.3 is 14.2 Å². The fourth-order valence-electron chi connectivity index (χ4n) is 2.46. The van der Waals surface area contributed by atoms with Crippen molar-refractivity contribution in [2.24, 2.45) is 0 Å². The third-order valence-electron chi connectivity index (χ3n) is 3.41. The minimum Gasteiger partial charge on any atom is -0.376 e. The molecule has 0 bridgehead atoms. The van der Waals surface area contributed by atoms with E-state index in [4.69, 9.17) is 14.2 Å². The molecule has 2 saturated heterocycles. The van der Waals surface area contributed by atoms with Crippen molar-refractivity contribution in [3.05, 3.63) is 0 Å². The van der Waals surface area contributed by atoms with Gasteiger partial charge in [0.1, 0.15) is 0 Å². The van der Waals surface area contributed by atoms with Gasteiger partial charge in [0.05, 0.1) is 24.4 Å². The molecule has 2 rings (SSSR count). The molecule has 0 amide bonds. The Morgan fingerprint density at radius 1 is 0.933 bits per heavy atom. The third kappa shape index (κ3) is 2.92. The van der Waals surface area contributed by atoms with Crippen molar-refractivity contribution in [2.75, 3.05) is 13.2 Å². The molecule has 2 aliphatic heterocycles. The topological polar surface area (TPSA) is 27.7 Å². The molecule has 4 unspecified atom stereocenters. The van der Waals surface area contributed by atoms with Gasteiger partial charge in [-0.15, -0.1) is 0 Å². The minimum absolute atomic E-state index is 0.201. The van der Waals surface area contributed by atoms with Crippen LogP contribution >= 0.6 is 0 Å². The Morgan fingerprint density at radius 2 is 1.40 bits per heavy atom. The largest absolute Gasteiger partial charge is 0.376 e. The average molecular weight is 214 g/mol. The van der Waals surface area contributed by atoms with E-state index < -0.39 is 0 Å². The standard InChI is InChI=1S/C12H22O3/c1-9(11-5-3-7-13-11)15-10(2)12-6-4-8-14-12/h9-12H,3-8H2,1-2H3. The molecular formula is C12H22O3. The van der Waals surface area contributed by atoms with Crippen LogP contribution in [0.4, 0.5) is 0 Å². The van der Waals surface area contributed by atoms with Crippen LogP contribution in [0.5, 0.6) is 0 Å². The Bertz CT molecular complexity index is 163. The van der Waals surface area contributed by atoms with Crippen LogP contribution in [0.3, 0.4) is 0 Å². The maximum Gasteiger partial charge on any atom is 0.0834 e. The highest BCUT2D eigenvalue weighted by Crippen LogP contribution is 2.23. The second-order valence-electron chi connectivity index (χ2n) is 4.65. The zero-order valence-corrected chi connectivity index (χ0v) is 9.78. The minimum atomic E-state index is 0.201. The molecule has 4 atom stereocenters. The van der Waals surface area contributed by atoms with E-state index in [1.807, 2.05) is 0 Å². The summed E-state index contributed by atoms with van der Waals surface area (Å²) < 4.78 is 17.2. The van der Waals surface area contributed by atoms with E-state index in [2.05, 4.69) is 13.8 Å². The van der Waals surface area contributed by atoms with Gasteiger partial charge in [0.15, 0.2) is 0 Å². The van der Waals surface area contributed by atoms with Gasteiger partial charge >= 0.3 is 0 Å². The van der Waals surface area contributed by atoms with E-state index in [9.17, 15) is 0 Å². The maximum absolute atomic E-state index is 5.97. The Labute approximate surface area is 92.1 Å². The van der Waals surface area contributed by atoms with Gasteiger partial charge in [-0.3, -0.25) is 0 Å². The molecule has 15 heavy (non-hydrogen) atoms. The number of rotatable bonds is 4. The van der Waals surface area contributed by atoms with Crippen LogP contribution in [-0.4, -0.2) is 37.6 Å². The first-order valence-corrected chi connectivity index (χ1v) is 6.16. The number of ether oxygens (including phenoxy) is 3. The van der Waals surface area contributed by atoms with Crippen LogP contribution in [0.15, 0.2) is 0 Å². The molecule has 0 aromatic rings. The third-order valence-corrected chi connectivity index (χ3v) is 3.41. The fourth-order valence-corrected chi connectivity index (χ4v) is 2.46. The molecule has 3 heteroatoms. The molecule has 0 spiro atoms. The molecule has 2 aliphatic rings. The molecule has 0 aromatic heterocycles. The number of hydrogen-bond acceptors (Lipinski definition) is 3. The van der Waals surface area contributed by atoms with Gasteiger partial charge in [-0.1, -0.05) is 0 Å². The first-order chi connectivity index (χ1) is 7.27. The van der Waals surface area contributed by atoms with Crippen molar-refractivity contribution in [3.8, 4) is 0 Å². The molecule has 0 N–H and O–H groups in total. The summed E-state index contributed by atoms with van der Waals surface area (Å²) in [5, 5.41) is 0. The van der Waals surface area contributed by atoms with Crippen molar-refractivity contribution in [1.29, 1.82) is 0 Å². The number of hydrogen-bond donors (Lipinski definition) is 0. The Hall–Kier alpha value is -0.120. The van der Waals surface area contributed by atoms with Crippen molar-refractivity contribution in [2.45, 2.75) is 63.9 Å². The predicted molar refractivity (Wildman–Crippen MR) is 58.0 cm³/mol. The summed E-state index contributed by atoms with van der Waals surface area (Å²) in [6.07, 6.45) is 5.62. The lowest BCUT2D eigenvalue weighted by Crippen LogP contribution is -2.34. The van der Waals surface area contributed by atoms with E-state index in [0.717, 1.165) is 26.1 Å². The first kappa shape index (κ1) is 11.4. The van der Waals surface area contributed by atoms with Crippen LogP contribution in [0.2, 0.25) is 0 Å². The lowest BCUT2D eigenvalue weighted by molar-refractivity contribution is -0.109. The van der Waals surface area contributed by atoms with Gasteiger partial charge in [0, 0.05) is 13.2 Å². The summed E-state index contributed by atoms with van der Waals surface area (Å²) in [5.41, 5.74) is 0. The maximum atomic E-state index is 5.97. The average Bonchev–Trinajstić information content (AvgIpc) is 2.91. The quantitative estimate of drug-likeness (QED) is 0.717. The molecule has 2 fully saturated rings. The van der Waals surface area contributed by atoms with Crippen LogP contribution in [0.1, 0.15) is 39.5 Å². The highest BCUT2D eigenvalue weighted by atomic mass is 16.6. The van der Waals surface area contributed by atoms with Gasteiger partial charge in [-0.05, 0) is 39.5 Å². The summed E-state index contributed by atoms with van der Waals surface area (Å²) in [7, 11) is 0. The van der Waals surface area contributed by atoms with Gasteiger partial charge in [0.25, 0.3) is 0 Å². The second kappa shape index (κ2) is 5.28. The van der Waals surface area contributed by atoms with Crippen molar-refractivity contribution in [3.63, 3.8) is 0 Å². The van der Waals surface area contributed by atoms with Crippen molar-refractivity contribution in [1.82, 2.24) is 0 Å². The van der Waals surface area contributed by atoms with E-state index in [1.54, 1.807) is 0 Å². The summed E-state index contributed by atoms with van der Waals surface area (Å²) in [4.78, 5) is 0. The van der Waals surface area contributed by atoms with Crippen molar-refractivity contribution >= 4 is 0 Å². The summed E-state index contributed by atoms with van der Waals surface area (Å²) >= 11 is 0. The lowest BCUT2D eigenvalue weighted by atomic mass is 10.1. The van der Waals surface area contributed by atoms with E-state index in [1.165, 1.54) is 12.8 Å². The van der Waals surface area contributed by atoms with Crippen LogP contribution in [0, 0.1) is 0 Å². The van der Waals surface area contributed by atoms with E-state index in [0.29, 0.717) is 12.2 Å². The summed E-state index contributed by atoms with van der Waals surface area (Å²) in [5.74, 6) is 0. The van der Waals surface area contributed by atoms with Gasteiger partial charge in [-0.25, -0.2) is 0 Å². The SMILES string of the molecule is CC(OC(C)C1CCCO1)C1CCCO1. The fraction of sp³-hybridized carbons (Fsp3) is 1.00. The molecule has 0 saturated carbocycles. The zero-order valence-electron chi connectivity index (χ0n) is 9.78. The molecule has 88 valence electrons. The molecule has 0 radical (unpaired) electrons. The van der Waals surface area contributed by atoms with Gasteiger partial charge in [0.2, 0.25) is 0 Å². The smallest absolute Gasteiger partial charge is 0.0834 e. The highest BCUT2D eigenvalue weighted by Gasteiger charge is 2.29. The Kier molecular flexibility index (Phi) is 4.00. The Morgan fingerprint density at radius 3 is 1.73 bits per heavy atom. The van der Waals surface area contributed by atoms with Crippen LogP contribution < -0.4 is 0 Å².